The lowest BCUT2D eigenvalue weighted by atomic mass is 9.94. The van der Waals surface area contributed by atoms with Crippen LogP contribution in [-0.4, -0.2) is 8.07 Å². The van der Waals surface area contributed by atoms with Crippen molar-refractivity contribution in [2.75, 3.05) is 0 Å². The topological polar surface area (TPSA) is 21.4 Å². The molecule has 0 aliphatic carbocycles. The molecule has 5 aromatic rings. The molecule has 0 aliphatic heterocycles. The van der Waals surface area contributed by atoms with Gasteiger partial charge in [0.15, 0.2) is 11.9 Å². The fourth-order valence-corrected chi connectivity index (χ4v) is 7.49. The molecular weight excluding hydrogens is 468 g/mol. The number of fused-ring (bicyclic) bond motifs is 3. The van der Waals surface area contributed by atoms with Crippen molar-refractivity contribution in [3.05, 3.63) is 88.9 Å². The van der Waals surface area contributed by atoms with Gasteiger partial charge in [-0.05, 0) is 42.0 Å². The largest absolute Gasteiger partial charge is 0.456 e. The summed E-state index contributed by atoms with van der Waals surface area (Å²) >= 11 is 0. The van der Waals surface area contributed by atoms with Crippen LogP contribution in [0.1, 0.15) is 36.5 Å². The van der Waals surface area contributed by atoms with Gasteiger partial charge in [-0.15, -0.1) is 0 Å². The Morgan fingerprint density at radius 1 is 0.892 bits per heavy atom. The van der Waals surface area contributed by atoms with Crippen LogP contribution in [0.25, 0.3) is 49.2 Å². The van der Waals surface area contributed by atoms with Crippen LogP contribution in [0.5, 0.6) is 0 Å². The molecule has 0 aliphatic rings. The van der Waals surface area contributed by atoms with Crippen LogP contribution in [0, 0.1) is 20.4 Å². The molecule has 2 aromatic heterocycles. The predicted octanol–water partition coefficient (Wildman–Crippen LogP) is 8.58. The van der Waals surface area contributed by atoms with Crippen LogP contribution in [-0.2, 0) is 7.05 Å². The zero-order valence-corrected chi connectivity index (χ0v) is 24.2. The number of hydrogen-bond acceptors (Lipinski definition) is 1. The maximum atomic E-state index is 7.84. The summed E-state index contributed by atoms with van der Waals surface area (Å²) in [5.74, 6) is 0.435. The van der Waals surface area contributed by atoms with E-state index in [0.717, 1.165) is 38.6 Å². The lowest BCUT2D eigenvalue weighted by Gasteiger charge is -2.22. The van der Waals surface area contributed by atoms with Gasteiger partial charge in [0, 0.05) is 27.6 Å². The summed E-state index contributed by atoms with van der Waals surface area (Å²) in [5, 5.41) is 3.70. The van der Waals surface area contributed by atoms with Crippen LogP contribution < -0.4 is 9.75 Å². The van der Waals surface area contributed by atoms with Gasteiger partial charge in [0.1, 0.15) is 18.2 Å². The molecule has 0 atom stereocenters. The number of furan rings is 1. The van der Waals surface area contributed by atoms with Crippen molar-refractivity contribution in [1.82, 2.24) is 0 Å². The molecule has 0 radical (unpaired) electrons. The van der Waals surface area contributed by atoms with Crippen molar-refractivity contribution in [3.63, 3.8) is 0 Å². The lowest BCUT2D eigenvalue weighted by molar-refractivity contribution is -0.659. The minimum absolute atomic E-state index is 0.435. The SMILES string of the molecule is [C-]#[N+]c1ccc2c(oc3c(-c4cc(C(C)C)c([Si](C)(C)C)c[n+]4C)c(C)cc(C)c32)c1-c1ccccc1. The first kappa shape index (κ1) is 25.0. The van der Waals surface area contributed by atoms with E-state index in [2.05, 4.69) is 100 Å². The van der Waals surface area contributed by atoms with Gasteiger partial charge >= 0.3 is 0 Å². The second-order valence-electron chi connectivity index (χ2n) is 11.5. The molecule has 0 saturated heterocycles. The first-order valence-electron chi connectivity index (χ1n) is 13.0. The summed E-state index contributed by atoms with van der Waals surface area (Å²) in [6.07, 6.45) is 2.36. The van der Waals surface area contributed by atoms with E-state index < -0.39 is 8.07 Å². The third kappa shape index (κ3) is 4.08. The first-order valence-corrected chi connectivity index (χ1v) is 16.5. The summed E-state index contributed by atoms with van der Waals surface area (Å²) in [5.41, 5.74) is 10.3. The fraction of sp³-hybridized carbons (Fsp3) is 0.273. The van der Waals surface area contributed by atoms with Crippen molar-refractivity contribution in [2.24, 2.45) is 7.05 Å². The van der Waals surface area contributed by atoms with Gasteiger partial charge in [-0.3, -0.25) is 0 Å². The normalized spacial score (nSPS) is 12.0. The van der Waals surface area contributed by atoms with Gasteiger partial charge in [0.25, 0.3) is 0 Å². The minimum atomic E-state index is -1.53. The molecule has 0 unspecified atom stereocenters. The molecule has 37 heavy (non-hydrogen) atoms. The molecule has 0 spiro atoms. The zero-order chi connectivity index (χ0) is 26.6. The molecule has 4 heteroatoms. The van der Waals surface area contributed by atoms with Crippen molar-refractivity contribution in [3.8, 4) is 22.4 Å². The van der Waals surface area contributed by atoms with Gasteiger partial charge in [-0.1, -0.05) is 82.0 Å². The van der Waals surface area contributed by atoms with E-state index in [1.165, 1.54) is 27.6 Å². The Bertz CT molecular complexity index is 1710. The third-order valence-electron chi connectivity index (χ3n) is 7.46. The molecule has 2 heterocycles. The van der Waals surface area contributed by atoms with Gasteiger partial charge in [0.05, 0.1) is 20.2 Å². The van der Waals surface area contributed by atoms with Gasteiger partial charge in [0.2, 0.25) is 5.69 Å². The highest BCUT2D eigenvalue weighted by atomic mass is 28.3. The third-order valence-corrected chi connectivity index (χ3v) is 9.49. The van der Waals surface area contributed by atoms with Crippen LogP contribution in [0.15, 0.2) is 65.2 Å². The smallest absolute Gasteiger partial charge is 0.216 e. The molecule has 0 saturated carbocycles. The van der Waals surface area contributed by atoms with Crippen LogP contribution in [0.2, 0.25) is 19.6 Å². The number of aromatic nitrogens is 1. The molecule has 3 aromatic carbocycles. The zero-order valence-electron chi connectivity index (χ0n) is 23.2. The highest BCUT2D eigenvalue weighted by Crippen LogP contribution is 2.45. The van der Waals surface area contributed by atoms with E-state index in [0.29, 0.717) is 11.6 Å². The lowest BCUT2D eigenvalue weighted by Crippen LogP contribution is -2.47. The van der Waals surface area contributed by atoms with Gasteiger partial charge < -0.3 is 4.42 Å². The van der Waals surface area contributed by atoms with Crippen molar-refractivity contribution in [2.45, 2.75) is 53.3 Å². The molecule has 0 bridgehead atoms. The Labute approximate surface area is 221 Å². The fourth-order valence-electron chi connectivity index (χ4n) is 5.68. The van der Waals surface area contributed by atoms with E-state index in [9.17, 15) is 0 Å². The van der Waals surface area contributed by atoms with Crippen LogP contribution >= 0.6 is 0 Å². The highest BCUT2D eigenvalue weighted by molar-refractivity contribution is 6.89. The summed E-state index contributed by atoms with van der Waals surface area (Å²) in [7, 11) is 0.630. The maximum Gasteiger partial charge on any atom is 0.216 e. The molecule has 5 rings (SSSR count). The average Bonchev–Trinajstić information content (AvgIpc) is 3.23. The van der Waals surface area contributed by atoms with E-state index in [1.807, 2.05) is 24.3 Å². The van der Waals surface area contributed by atoms with E-state index in [4.69, 9.17) is 11.0 Å². The molecule has 0 fully saturated rings. The average molecular weight is 504 g/mol. The number of hydrogen-bond donors (Lipinski definition) is 0. The number of rotatable bonds is 4. The monoisotopic (exact) mass is 503 g/mol. The molecule has 3 nitrogen and oxygen atoms in total. The molecular formula is C33H35N2OSi+. The van der Waals surface area contributed by atoms with Gasteiger partial charge in [-0.2, -0.15) is 0 Å². The first-order chi connectivity index (χ1) is 17.5. The second-order valence-corrected chi connectivity index (χ2v) is 16.6. The Morgan fingerprint density at radius 3 is 2.22 bits per heavy atom. The highest BCUT2D eigenvalue weighted by Gasteiger charge is 2.30. The molecule has 0 N–H and O–H groups in total. The standard InChI is InChI=1S/C33H35N2OSi/c1-20(2)25-18-27(35(6)19-28(25)37(7,8)9)30-22(4)17-21(3)29-24-15-16-26(34-5)31(32(24)36-33(29)30)23-13-11-10-12-14-23/h10-20H,1-4,6-9H3/q+1. The summed E-state index contributed by atoms with van der Waals surface area (Å²) in [6.45, 7) is 24.0. The van der Waals surface area contributed by atoms with E-state index in [-0.39, 0.29) is 0 Å². The van der Waals surface area contributed by atoms with E-state index >= 15 is 0 Å². The van der Waals surface area contributed by atoms with Crippen LogP contribution in [0.3, 0.4) is 0 Å². The van der Waals surface area contributed by atoms with Crippen molar-refractivity contribution < 1.29 is 8.98 Å². The summed E-state index contributed by atoms with van der Waals surface area (Å²) < 4.78 is 9.12. The Hall–Kier alpha value is -3.68. The Balaban J connectivity index is 1.92. The maximum absolute atomic E-state index is 7.84. The van der Waals surface area contributed by atoms with E-state index in [1.54, 1.807) is 0 Å². The van der Waals surface area contributed by atoms with Crippen molar-refractivity contribution >= 4 is 40.9 Å². The molecule has 186 valence electrons. The summed E-state index contributed by atoms with van der Waals surface area (Å²) in [4.78, 5) is 3.86. The summed E-state index contributed by atoms with van der Waals surface area (Å²) in [6, 6.07) is 18.8. The van der Waals surface area contributed by atoms with Crippen LogP contribution in [0.4, 0.5) is 5.69 Å². The Kier molecular flexibility index (Phi) is 6.08. The number of aryl methyl sites for hydroxylation is 3. The van der Waals surface area contributed by atoms with Gasteiger partial charge in [-0.25, -0.2) is 9.41 Å². The Morgan fingerprint density at radius 2 is 1.59 bits per heavy atom. The minimum Gasteiger partial charge on any atom is -0.456 e. The number of benzene rings is 3. The second kappa shape index (κ2) is 9.01. The number of nitrogens with zero attached hydrogens (tertiary/aromatic N) is 2. The van der Waals surface area contributed by atoms with Crippen molar-refractivity contribution in [1.29, 1.82) is 0 Å². The number of pyridine rings is 1. The molecule has 0 amide bonds. The predicted molar refractivity (Wildman–Crippen MR) is 159 cm³/mol. The quantitative estimate of drug-likeness (QED) is 0.137.